The zero-order valence-electron chi connectivity index (χ0n) is 14.2. The topological polar surface area (TPSA) is 66.9 Å². The molecule has 0 aliphatic rings. The van der Waals surface area contributed by atoms with Crippen molar-refractivity contribution in [3.05, 3.63) is 77.0 Å². The summed E-state index contributed by atoms with van der Waals surface area (Å²) in [6.45, 7) is 3.84. The van der Waals surface area contributed by atoms with Crippen LogP contribution in [0.4, 0.5) is 26.0 Å². The Hall–Kier alpha value is -3.35. The van der Waals surface area contributed by atoms with E-state index in [0.717, 1.165) is 23.3 Å². The predicted octanol–water partition coefficient (Wildman–Crippen LogP) is 4.37. The zero-order chi connectivity index (χ0) is 18.7. The van der Waals surface area contributed by atoms with Crippen molar-refractivity contribution in [3.8, 4) is 0 Å². The van der Waals surface area contributed by atoms with Gasteiger partial charge in [-0.05, 0) is 55.3 Å². The predicted molar refractivity (Wildman–Crippen MR) is 95.5 cm³/mol. The highest BCUT2D eigenvalue weighted by Gasteiger charge is 2.11. The van der Waals surface area contributed by atoms with Gasteiger partial charge in [-0.1, -0.05) is 12.1 Å². The van der Waals surface area contributed by atoms with Crippen molar-refractivity contribution in [2.75, 3.05) is 10.6 Å². The number of carbonyl (C=O) groups is 1. The molecular weight excluding hydrogens is 338 g/mol. The zero-order valence-corrected chi connectivity index (χ0v) is 14.2. The quantitative estimate of drug-likeness (QED) is 0.730. The second-order valence-corrected chi connectivity index (χ2v) is 5.83. The fourth-order valence-electron chi connectivity index (χ4n) is 2.30. The maximum Gasteiger partial charge on any atom is 0.276 e. The normalized spacial score (nSPS) is 10.5. The lowest BCUT2D eigenvalue weighted by molar-refractivity contribution is 0.102. The molecule has 1 heterocycles. The van der Waals surface area contributed by atoms with Gasteiger partial charge in [0.05, 0.1) is 0 Å². The number of hydrogen-bond donors (Lipinski definition) is 2. The number of aromatic nitrogens is 2. The van der Waals surface area contributed by atoms with Gasteiger partial charge in [-0.3, -0.25) is 4.79 Å². The SMILES string of the molecule is Cc1ccc(C)c(NC(=O)c2ccc(Nc3ccc(F)c(F)c3)nn2)c1. The molecule has 0 aliphatic carbocycles. The van der Waals surface area contributed by atoms with Crippen molar-refractivity contribution >= 4 is 23.1 Å². The van der Waals surface area contributed by atoms with E-state index in [2.05, 4.69) is 20.8 Å². The summed E-state index contributed by atoms with van der Waals surface area (Å²) in [5, 5.41) is 13.4. The van der Waals surface area contributed by atoms with E-state index >= 15 is 0 Å². The van der Waals surface area contributed by atoms with Gasteiger partial charge in [-0.25, -0.2) is 8.78 Å². The summed E-state index contributed by atoms with van der Waals surface area (Å²) in [4.78, 5) is 12.3. The Morgan fingerprint density at radius 1 is 0.923 bits per heavy atom. The number of halogens is 2. The molecule has 0 radical (unpaired) electrons. The Balaban J connectivity index is 1.71. The summed E-state index contributed by atoms with van der Waals surface area (Å²) in [5.74, 6) is -1.97. The lowest BCUT2D eigenvalue weighted by Crippen LogP contribution is -2.15. The molecule has 0 atom stereocenters. The fraction of sp³-hybridized carbons (Fsp3) is 0.105. The lowest BCUT2D eigenvalue weighted by Gasteiger charge is -2.09. The van der Waals surface area contributed by atoms with Crippen LogP contribution in [0, 0.1) is 25.5 Å². The molecule has 3 aromatic rings. The minimum atomic E-state index is -0.965. The van der Waals surface area contributed by atoms with Gasteiger partial charge in [0.2, 0.25) is 0 Å². The van der Waals surface area contributed by atoms with Gasteiger partial charge in [0.15, 0.2) is 23.1 Å². The van der Waals surface area contributed by atoms with E-state index < -0.39 is 11.6 Å². The molecule has 0 fully saturated rings. The third-order valence-corrected chi connectivity index (χ3v) is 3.73. The van der Waals surface area contributed by atoms with Crippen molar-refractivity contribution in [2.24, 2.45) is 0 Å². The number of anilines is 3. The van der Waals surface area contributed by atoms with Gasteiger partial charge in [-0.2, -0.15) is 0 Å². The number of aryl methyl sites for hydroxylation is 2. The van der Waals surface area contributed by atoms with Crippen LogP contribution in [0.3, 0.4) is 0 Å². The number of nitrogens with zero attached hydrogens (tertiary/aromatic N) is 2. The Morgan fingerprint density at radius 2 is 1.73 bits per heavy atom. The molecule has 0 aliphatic heterocycles. The second-order valence-electron chi connectivity index (χ2n) is 5.83. The van der Waals surface area contributed by atoms with Crippen molar-refractivity contribution in [2.45, 2.75) is 13.8 Å². The number of rotatable bonds is 4. The molecular formula is C19H16F2N4O. The van der Waals surface area contributed by atoms with Gasteiger partial charge in [-0.15, -0.1) is 10.2 Å². The van der Waals surface area contributed by atoms with Gasteiger partial charge < -0.3 is 10.6 Å². The first-order valence-corrected chi connectivity index (χ1v) is 7.87. The molecule has 1 amide bonds. The monoisotopic (exact) mass is 354 g/mol. The van der Waals surface area contributed by atoms with Gasteiger partial charge in [0.25, 0.3) is 5.91 Å². The van der Waals surface area contributed by atoms with Gasteiger partial charge in [0, 0.05) is 17.4 Å². The Kier molecular flexibility index (Phi) is 4.88. The minimum absolute atomic E-state index is 0.141. The molecule has 132 valence electrons. The van der Waals surface area contributed by atoms with Crippen molar-refractivity contribution < 1.29 is 13.6 Å². The molecule has 0 bridgehead atoms. The third kappa shape index (κ3) is 4.00. The number of amides is 1. The number of carbonyl (C=O) groups excluding carboxylic acids is 1. The smallest absolute Gasteiger partial charge is 0.276 e. The number of benzene rings is 2. The molecule has 3 rings (SSSR count). The van der Waals surface area contributed by atoms with Gasteiger partial charge in [0.1, 0.15) is 0 Å². The number of hydrogen-bond acceptors (Lipinski definition) is 4. The van der Waals surface area contributed by atoms with Crippen LogP contribution in [0.25, 0.3) is 0 Å². The highest BCUT2D eigenvalue weighted by Crippen LogP contribution is 2.19. The highest BCUT2D eigenvalue weighted by molar-refractivity contribution is 6.03. The van der Waals surface area contributed by atoms with Crippen molar-refractivity contribution in [1.29, 1.82) is 0 Å². The average Bonchev–Trinajstić information content (AvgIpc) is 2.62. The molecule has 26 heavy (non-hydrogen) atoms. The van der Waals surface area contributed by atoms with E-state index in [4.69, 9.17) is 0 Å². The summed E-state index contributed by atoms with van der Waals surface area (Å²) < 4.78 is 26.2. The Labute approximate surface area is 149 Å². The van der Waals surface area contributed by atoms with Crippen LogP contribution in [0.15, 0.2) is 48.5 Å². The summed E-state index contributed by atoms with van der Waals surface area (Å²) in [5.41, 5.74) is 3.14. The van der Waals surface area contributed by atoms with E-state index in [0.29, 0.717) is 17.2 Å². The highest BCUT2D eigenvalue weighted by atomic mass is 19.2. The second kappa shape index (κ2) is 7.26. The van der Waals surface area contributed by atoms with Crippen LogP contribution < -0.4 is 10.6 Å². The van der Waals surface area contributed by atoms with Crippen LogP contribution in [0.5, 0.6) is 0 Å². The molecule has 0 saturated carbocycles. The Morgan fingerprint density at radius 3 is 2.42 bits per heavy atom. The van der Waals surface area contributed by atoms with Crippen molar-refractivity contribution in [1.82, 2.24) is 10.2 Å². The summed E-state index contributed by atoms with van der Waals surface area (Å²) in [7, 11) is 0. The number of nitrogens with one attached hydrogen (secondary N) is 2. The van der Waals surface area contributed by atoms with Crippen molar-refractivity contribution in [3.63, 3.8) is 0 Å². The van der Waals surface area contributed by atoms with Gasteiger partial charge >= 0.3 is 0 Å². The maximum absolute atomic E-state index is 13.2. The average molecular weight is 354 g/mol. The fourth-order valence-corrected chi connectivity index (χ4v) is 2.30. The molecule has 5 nitrogen and oxygen atoms in total. The first-order chi connectivity index (χ1) is 12.4. The standard InChI is InChI=1S/C19H16F2N4O/c1-11-3-4-12(2)17(9-11)23-19(26)16-7-8-18(25-24-16)22-13-5-6-14(20)15(21)10-13/h3-10H,1-2H3,(H,22,25)(H,23,26). The van der Waals surface area contributed by atoms with Crippen LogP contribution in [0.1, 0.15) is 21.6 Å². The molecule has 0 saturated heterocycles. The molecule has 0 unspecified atom stereocenters. The molecule has 7 heteroatoms. The van der Waals surface area contributed by atoms with E-state index in [1.54, 1.807) is 0 Å². The first-order valence-electron chi connectivity index (χ1n) is 7.87. The molecule has 1 aromatic heterocycles. The Bertz CT molecular complexity index is 958. The van der Waals surface area contributed by atoms with Crippen LogP contribution in [0.2, 0.25) is 0 Å². The lowest BCUT2D eigenvalue weighted by atomic mass is 10.1. The van der Waals surface area contributed by atoms with E-state index in [-0.39, 0.29) is 11.6 Å². The third-order valence-electron chi connectivity index (χ3n) is 3.73. The van der Waals surface area contributed by atoms with E-state index in [9.17, 15) is 13.6 Å². The van der Waals surface area contributed by atoms with Crippen LogP contribution >= 0.6 is 0 Å². The van der Waals surface area contributed by atoms with Crippen LogP contribution in [-0.2, 0) is 0 Å². The molecule has 2 N–H and O–H groups in total. The van der Waals surface area contributed by atoms with E-state index in [1.807, 2.05) is 32.0 Å². The summed E-state index contributed by atoms with van der Waals surface area (Å²) in [6, 6.07) is 12.2. The summed E-state index contributed by atoms with van der Waals surface area (Å²) in [6.07, 6.45) is 0. The maximum atomic E-state index is 13.2. The van der Waals surface area contributed by atoms with E-state index in [1.165, 1.54) is 18.2 Å². The molecule has 2 aromatic carbocycles. The summed E-state index contributed by atoms with van der Waals surface area (Å²) >= 11 is 0. The minimum Gasteiger partial charge on any atom is -0.339 e. The molecule has 0 spiro atoms. The first kappa shape index (κ1) is 17.5. The van der Waals surface area contributed by atoms with Crippen LogP contribution in [-0.4, -0.2) is 16.1 Å². The largest absolute Gasteiger partial charge is 0.339 e.